The number of aryl methyl sites for hydroxylation is 2. The Kier molecular flexibility index (Phi) is 6.35. The van der Waals surface area contributed by atoms with Gasteiger partial charge in [-0.25, -0.2) is 14.3 Å². The van der Waals surface area contributed by atoms with E-state index in [4.69, 9.17) is 4.74 Å². The van der Waals surface area contributed by atoms with Crippen molar-refractivity contribution < 1.29 is 19.1 Å². The molecule has 30 heavy (non-hydrogen) atoms. The number of fused-ring (bicyclic) bond motifs is 1. The molecule has 0 saturated carbocycles. The second kappa shape index (κ2) is 9.12. The SMILES string of the molecule is Cc1nc2ncnn2c(C)c1CC(=O)O[C@@H](C)C(=O)NC(=O)NCc1ccccc1. The standard InChI is InChI=1S/C20H22N6O4/c1-12-16(13(2)26-19(24-12)22-11-23-26)9-17(27)30-14(3)18(28)25-20(29)21-10-15-7-5-4-6-8-15/h4-8,11,14H,9-10H2,1-3H3,(H2,21,25,28,29)/t14-/m0/s1. The van der Waals surface area contributed by atoms with Gasteiger partial charge in [0, 0.05) is 23.5 Å². The molecule has 1 aromatic carbocycles. The van der Waals surface area contributed by atoms with Gasteiger partial charge in [0.15, 0.2) is 6.10 Å². The van der Waals surface area contributed by atoms with Crippen molar-refractivity contribution in [3.05, 3.63) is 59.2 Å². The number of benzene rings is 1. The molecule has 3 aromatic rings. The van der Waals surface area contributed by atoms with Crippen molar-refractivity contribution in [2.24, 2.45) is 0 Å². The highest BCUT2D eigenvalue weighted by atomic mass is 16.5. The molecule has 10 heteroatoms. The Morgan fingerprint density at radius 2 is 1.90 bits per heavy atom. The van der Waals surface area contributed by atoms with Crippen molar-refractivity contribution in [2.45, 2.75) is 39.8 Å². The van der Waals surface area contributed by atoms with Gasteiger partial charge in [0.2, 0.25) is 0 Å². The van der Waals surface area contributed by atoms with E-state index in [9.17, 15) is 14.4 Å². The first kappa shape index (κ1) is 20.9. The van der Waals surface area contributed by atoms with Crippen LogP contribution < -0.4 is 10.6 Å². The number of amides is 3. The minimum atomic E-state index is -1.14. The molecule has 2 aromatic heterocycles. The first-order valence-corrected chi connectivity index (χ1v) is 9.33. The average molecular weight is 410 g/mol. The fourth-order valence-electron chi connectivity index (χ4n) is 2.88. The number of carbonyl (C=O) groups is 3. The predicted octanol–water partition coefficient (Wildman–Crippen LogP) is 1.24. The number of carbonyl (C=O) groups excluding carboxylic acids is 3. The Morgan fingerprint density at radius 1 is 1.17 bits per heavy atom. The molecule has 0 aliphatic carbocycles. The number of urea groups is 1. The first-order valence-electron chi connectivity index (χ1n) is 9.33. The molecular formula is C20H22N6O4. The lowest BCUT2D eigenvalue weighted by Crippen LogP contribution is -2.44. The van der Waals surface area contributed by atoms with E-state index in [0.29, 0.717) is 22.7 Å². The van der Waals surface area contributed by atoms with Crippen LogP contribution in [-0.4, -0.2) is 43.6 Å². The third-order valence-electron chi connectivity index (χ3n) is 4.52. The molecule has 2 N–H and O–H groups in total. The van der Waals surface area contributed by atoms with Crippen molar-refractivity contribution in [1.82, 2.24) is 30.2 Å². The topological polar surface area (TPSA) is 128 Å². The fourth-order valence-corrected chi connectivity index (χ4v) is 2.88. The van der Waals surface area contributed by atoms with Crippen LogP contribution in [0.4, 0.5) is 4.79 Å². The van der Waals surface area contributed by atoms with Crippen molar-refractivity contribution in [1.29, 1.82) is 0 Å². The molecule has 0 bridgehead atoms. The summed E-state index contributed by atoms with van der Waals surface area (Å²) in [6.07, 6.45) is 0.161. The maximum Gasteiger partial charge on any atom is 0.321 e. The third-order valence-corrected chi connectivity index (χ3v) is 4.52. The Morgan fingerprint density at radius 3 is 2.63 bits per heavy atom. The number of hydrogen-bond donors (Lipinski definition) is 2. The molecular weight excluding hydrogens is 388 g/mol. The largest absolute Gasteiger partial charge is 0.452 e. The Bertz CT molecular complexity index is 1080. The number of imide groups is 1. The van der Waals surface area contributed by atoms with E-state index in [1.54, 1.807) is 13.8 Å². The number of rotatable bonds is 6. The summed E-state index contributed by atoms with van der Waals surface area (Å²) in [6.45, 7) is 5.23. The predicted molar refractivity (Wildman–Crippen MR) is 106 cm³/mol. The number of hydrogen-bond acceptors (Lipinski definition) is 7. The minimum Gasteiger partial charge on any atom is -0.452 e. The molecule has 3 amide bonds. The fraction of sp³-hybridized carbons (Fsp3) is 0.300. The van der Waals surface area contributed by atoms with Crippen LogP contribution in [0.5, 0.6) is 0 Å². The van der Waals surface area contributed by atoms with Gasteiger partial charge in [-0.3, -0.25) is 14.9 Å². The Hall–Kier alpha value is -3.82. The van der Waals surface area contributed by atoms with E-state index in [1.807, 2.05) is 30.3 Å². The van der Waals surface area contributed by atoms with Crippen LogP contribution in [0.25, 0.3) is 5.78 Å². The van der Waals surface area contributed by atoms with Crippen LogP contribution >= 0.6 is 0 Å². The molecule has 1 atom stereocenters. The highest BCUT2D eigenvalue weighted by molar-refractivity contribution is 5.97. The van der Waals surface area contributed by atoms with Gasteiger partial charge in [-0.05, 0) is 26.3 Å². The summed E-state index contributed by atoms with van der Waals surface area (Å²) < 4.78 is 6.71. The number of esters is 1. The molecule has 10 nitrogen and oxygen atoms in total. The monoisotopic (exact) mass is 410 g/mol. The summed E-state index contributed by atoms with van der Waals surface area (Å²) in [5, 5.41) is 8.80. The molecule has 0 saturated heterocycles. The molecule has 3 rings (SSSR count). The summed E-state index contributed by atoms with van der Waals surface area (Å²) >= 11 is 0. The lowest BCUT2D eigenvalue weighted by molar-refractivity contribution is -0.153. The summed E-state index contributed by atoms with van der Waals surface area (Å²) in [6, 6.07) is 8.60. The molecule has 0 aliphatic rings. The van der Waals surface area contributed by atoms with E-state index in [2.05, 4.69) is 25.7 Å². The zero-order valence-corrected chi connectivity index (χ0v) is 16.9. The normalized spacial score (nSPS) is 11.7. The summed E-state index contributed by atoms with van der Waals surface area (Å²) in [5.74, 6) is -0.890. The van der Waals surface area contributed by atoms with Crippen LogP contribution in [0.3, 0.4) is 0 Å². The number of ether oxygens (including phenoxy) is 1. The van der Waals surface area contributed by atoms with Gasteiger partial charge in [-0.15, -0.1) is 0 Å². The molecule has 0 aliphatic heterocycles. The van der Waals surface area contributed by atoms with Gasteiger partial charge in [-0.1, -0.05) is 30.3 Å². The summed E-state index contributed by atoms with van der Waals surface area (Å²) in [7, 11) is 0. The molecule has 0 spiro atoms. The Balaban J connectivity index is 1.52. The molecule has 0 fully saturated rings. The van der Waals surface area contributed by atoms with Crippen LogP contribution in [-0.2, 0) is 27.3 Å². The lowest BCUT2D eigenvalue weighted by atomic mass is 10.1. The second-order valence-corrected chi connectivity index (χ2v) is 6.70. The zero-order valence-electron chi connectivity index (χ0n) is 16.9. The van der Waals surface area contributed by atoms with E-state index in [-0.39, 0.29) is 13.0 Å². The smallest absolute Gasteiger partial charge is 0.321 e. The van der Waals surface area contributed by atoms with Crippen LogP contribution in [0.2, 0.25) is 0 Å². The Labute approximate surface area is 172 Å². The van der Waals surface area contributed by atoms with Gasteiger partial charge in [0.25, 0.3) is 11.7 Å². The minimum absolute atomic E-state index is 0.0850. The van der Waals surface area contributed by atoms with E-state index in [1.165, 1.54) is 17.8 Å². The number of nitrogens with one attached hydrogen (secondary N) is 2. The number of nitrogens with zero attached hydrogens (tertiary/aromatic N) is 4. The van der Waals surface area contributed by atoms with Crippen molar-refractivity contribution in [3.63, 3.8) is 0 Å². The molecule has 156 valence electrons. The van der Waals surface area contributed by atoms with Gasteiger partial charge in [0.05, 0.1) is 6.42 Å². The first-order chi connectivity index (χ1) is 14.3. The highest BCUT2D eigenvalue weighted by Gasteiger charge is 2.22. The summed E-state index contributed by atoms with van der Waals surface area (Å²) in [4.78, 5) is 44.7. The molecule has 2 heterocycles. The van der Waals surface area contributed by atoms with Gasteiger partial charge in [-0.2, -0.15) is 10.1 Å². The quantitative estimate of drug-likeness (QED) is 0.585. The lowest BCUT2D eigenvalue weighted by Gasteiger charge is -2.15. The van der Waals surface area contributed by atoms with Crippen molar-refractivity contribution in [2.75, 3.05) is 0 Å². The van der Waals surface area contributed by atoms with E-state index in [0.717, 1.165) is 5.56 Å². The van der Waals surface area contributed by atoms with Crippen LogP contribution in [0.15, 0.2) is 36.7 Å². The third kappa shape index (κ3) is 4.96. The maximum absolute atomic E-state index is 12.3. The van der Waals surface area contributed by atoms with Crippen LogP contribution in [0.1, 0.15) is 29.4 Å². The average Bonchev–Trinajstić information content (AvgIpc) is 3.18. The van der Waals surface area contributed by atoms with E-state index < -0.39 is 24.0 Å². The molecule has 0 radical (unpaired) electrons. The van der Waals surface area contributed by atoms with Gasteiger partial charge < -0.3 is 10.1 Å². The highest BCUT2D eigenvalue weighted by Crippen LogP contribution is 2.14. The van der Waals surface area contributed by atoms with Crippen molar-refractivity contribution >= 4 is 23.7 Å². The zero-order chi connectivity index (χ0) is 21.7. The van der Waals surface area contributed by atoms with Crippen molar-refractivity contribution in [3.8, 4) is 0 Å². The molecule has 0 unspecified atom stereocenters. The van der Waals surface area contributed by atoms with Gasteiger partial charge >= 0.3 is 12.0 Å². The number of aromatic nitrogens is 4. The van der Waals surface area contributed by atoms with Crippen LogP contribution in [0, 0.1) is 13.8 Å². The second-order valence-electron chi connectivity index (χ2n) is 6.70. The van der Waals surface area contributed by atoms with E-state index >= 15 is 0 Å². The maximum atomic E-state index is 12.3. The summed E-state index contributed by atoms with van der Waals surface area (Å²) in [5.41, 5.74) is 2.88. The van der Waals surface area contributed by atoms with Gasteiger partial charge in [0.1, 0.15) is 6.33 Å².